The monoisotopic (exact) mass is 1050 g/mol. The molecule has 73 heavy (non-hydrogen) atoms. The summed E-state index contributed by atoms with van der Waals surface area (Å²) in [6, 6.07) is 31.8. The van der Waals surface area contributed by atoms with Crippen LogP contribution in [0.3, 0.4) is 0 Å². The molecular weight excluding hydrogens is 998 g/mol. The lowest BCUT2D eigenvalue weighted by molar-refractivity contribution is -0.139. The van der Waals surface area contributed by atoms with E-state index in [2.05, 4.69) is 25.4 Å². The highest BCUT2D eigenvalue weighted by Crippen LogP contribution is 2.33. The molecule has 2 aromatic heterocycles. The zero-order valence-electron chi connectivity index (χ0n) is 40.4. The summed E-state index contributed by atoms with van der Waals surface area (Å²) in [5.74, 6) is -2.18. The summed E-state index contributed by atoms with van der Waals surface area (Å²) in [5.41, 5.74) is 5.26. The summed E-state index contributed by atoms with van der Waals surface area (Å²) in [5, 5.41) is 7.11. The first-order valence-electron chi connectivity index (χ1n) is 22.6. The van der Waals surface area contributed by atoms with E-state index in [1.165, 1.54) is 27.7 Å². The van der Waals surface area contributed by atoms with Gasteiger partial charge in [-0.15, -0.1) is 0 Å². The number of aromatic nitrogens is 2. The van der Waals surface area contributed by atoms with Crippen molar-refractivity contribution in [3.8, 4) is 11.8 Å². The maximum absolute atomic E-state index is 13.2. The minimum Gasteiger partial charge on any atom is -0.462 e. The van der Waals surface area contributed by atoms with E-state index in [9.17, 15) is 40.7 Å². The van der Waals surface area contributed by atoms with Crippen LogP contribution in [0.15, 0.2) is 134 Å². The number of alkyl halides is 6. The van der Waals surface area contributed by atoms with Crippen LogP contribution < -0.4 is 25.8 Å². The molecule has 4 aromatic carbocycles. The van der Waals surface area contributed by atoms with Gasteiger partial charge in [0, 0.05) is 64.1 Å². The van der Waals surface area contributed by atoms with Gasteiger partial charge >= 0.3 is 12.4 Å². The van der Waals surface area contributed by atoms with Crippen LogP contribution in [0.1, 0.15) is 97.1 Å². The molecule has 2 heterocycles. The third-order valence-electron chi connectivity index (χ3n) is 11.6. The number of hydrogen-bond donors (Lipinski definition) is 3. The second-order valence-corrected chi connectivity index (χ2v) is 19.0. The second kappa shape index (κ2) is 24.0. The fourth-order valence-electron chi connectivity index (χ4n) is 7.46. The Morgan fingerprint density at radius 3 is 1.37 bits per heavy atom. The number of rotatable bonds is 17. The van der Waals surface area contributed by atoms with Gasteiger partial charge in [-0.2, -0.15) is 26.3 Å². The lowest BCUT2D eigenvalue weighted by atomic mass is 9.85. The number of nitrogens with one attached hydrogen (secondary N) is 2. The van der Waals surface area contributed by atoms with E-state index < -0.39 is 58.4 Å². The van der Waals surface area contributed by atoms with E-state index in [4.69, 9.17) is 45.0 Å². The van der Waals surface area contributed by atoms with Gasteiger partial charge in [-0.3, -0.25) is 14.4 Å². The van der Waals surface area contributed by atoms with Crippen molar-refractivity contribution in [2.24, 2.45) is 5.73 Å². The van der Waals surface area contributed by atoms with Crippen molar-refractivity contribution in [2.75, 3.05) is 0 Å². The number of halogens is 8. The summed E-state index contributed by atoms with van der Waals surface area (Å²) in [6.45, 7) is 17.0. The molecule has 4 atom stereocenters. The van der Waals surface area contributed by atoms with Crippen LogP contribution in [0.25, 0.3) is 4.85 Å². The first kappa shape index (κ1) is 56.8. The number of pyridine rings is 2. The Morgan fingerprint density at radius 2 is 1.01 bits per heavy atom. The van der Waals surface area contributed by atoms with Crippen molar-refractivity contribution in [3.05, 3.63) is 194 Å². The number of amides is 3. The second-order valence-electron chi connectivity index (χ2n) is 18.1. The Labute approximate surface area is 429 Å². The van der Waals surface area contributed by atoms with Crippen molar-refractivity contribution in [1.82, 2.24) is 20.6 Å². The first-order chi connectivity index (χ1) is 34.1. The molecule has 0 radical (unpaired) electrons. The molecule has 0 aliphatic heterocycles. The van der Waals surface area contributed by atoms with Gasteiger partial charge in [0.25, 0.3) is 11.8 Å². The number of carbonyl (C=O) groups excluding carboxylic acids is 3. The van der Waals surface area contributed by atoms with Crippen LogP contribution in [0.4, 0.5) is 32.0 Å². The van der Waals surface area contributed by atoms with Crippen molar-refractivity contribution in [3.63, 3.8) is 0 Å². The van der Waals surface area contributed by atoms with Crippen LogP contribution in [-0.4, -0.2) is 51.0 Å². The predicted molar refractivity (Wildman–Crippen MR) is 267 cm³/mol. The highest BCUT2D eigenvalue weighted by atomic mass is 35.5. The average molecular weight is 1050 g/mol. The molecule has 0 aliphatic carbocycles. The van der Waals surface area contributed by atoms with Crippen molar-refractivity contribution < 1.29 is 50.2 Å². The number of primary amides is 1. The first-order valence-corrected chi connectivity index (χ1v) is 23.3. The quantitative estimate of drug-likeness (QED) is 0.0608. The van der Waals surface area contributed by atoms with Crippen LogP contribution in [0.2, 0.25) is 10.0 Å². The van der Waals surface area contributed by atoms with Gasteiger partial charge in [0.15, 0.2) is 16.9 Å². The lowest BCUT2D eigenvalue weighted by Gasteiger charge is -2.31. The van der Waals surface area contributed by atoms with Gasteiger partial charge in [-0.1, -0.05) is 89.4 Å². The van der Waals surface area contributed by atoms with E-state index >= 15 is 0 Å². The fourth-order valence-corrected chi connectivity index (χ4v) is 7.71. The van der Waals surface area contributed by atoms with Gasteiger partial charge in [0.1, 0.15) is 0 Å². The summed E-state index contributed by atoms with van der Waals surface area (Å²) in [4.78, 5) is 49.0. The number of benzene rings is 4. The van der Waals surface area contributed by atoms with Crippen molar-refractivity contribution in [2.45, 2.75) is 102 Å². The molecule has 0 saturated heterocycles. The van der Waals surface area contributed by atoms with Gasteiger partial charge in [-0.05, 0) is 120 Å². The third kappa shape index (κ3) is 16.4. The van der Waals surface area contributed by atoms with E-state index in [1.807, 2.05) is 50.2 Å². The van der Waals surface area contributed by atoms with E-state index in [0.717, 1.165) is 46.5 Å². The molecule has 4 N–H and O–H groups in total. The molecule has 11 nitrogen and oxygen atoms in total. The molecule has 0 bridgehead atoms. The molecule has 0 spiro atoms. The Hall–Kier alpha value is -7.16. The van der Waals surface area contributed by atoms with E-state index in [0.29, 0.717) is 46.5 Å². The SMILES string of the molecule is C[C@H](NC(=O)C(C)(C)Oc1ccc(C(F)(F)F)cn1)[C@@H](Cc1ccc(Cl)cc1)c1cccc(C(N)=O)c1.[C-]#[N+]c1cccc([C@H](Cc2ccc(Cl)cc2)[C@H](C)NC(=O)C(C)(C)Oc2ccc(C(F)(F)F)cn2)c1. The van der Waals surface area contributed by atoms with Crippen LogP contribution in [0, 0.1) is 6.57 Å². The van der Waals surface area contributed by atoms with Gasteiger partial charge in [0.05, 0.1) is 17.7 Å². The molecule has 6 rings (SSSR count). The third-order valence-corrected chi connectivity index (χ3v) is 12.1. The normalized spacial score (nSPS) is 13.4. The standard InChI is InChI=1S/C27H27ClF3N3O3.C27H25ClF3N3O2/c1-16(34-25(36)26(2,3)37-23-12-9-20(15-33-23)27(29,30)31)22(13-17-7-10-21(28)11-8-17)18-5-4-6-19(14-18)24(32)35;1-17(34-25(35)26(2,3)36-24-13-10-20(16-33-24)27(29,30)31)23(14-18-8-11-21(28)12-9-18)19-6-5-7-22(15-19)32-4/h4-12,14-16,22H,13H2,1-3H3,(H2,32,35)(H,34,36);5-13,15-17,23H,14H2,1-3H3,(H,34,35)/t16-,22+;17-,23+/m00/s1. The molecule has 0 unspecified atom stereocenters. The average Bonchev–Trinajstić information content (AvgIpc) is 3.33. The van der Waals surface area contributed by atoms with Gasteiger partial charge < -0.3 is 25.8 Å². The Morgan fingerprint density at radius 1 is 0.616 bits per heavy atom. The molecule has 0 aliphatic rings. The Balaban J connectivity index is 0.000000271. The van der Waals surface area contributed by atoms with Gasteiger partial charge in [-0.25, -0.2) is 14.8 Å². The molecule has 3 amide bonds. The Bertz CT molecular complexity index is 2880. The smallest absolute Gasteiger partial charge is 0.417 e. The predicted octanol–water partition coefficient (Wildman–Crippen LogP) is 12.5. The highest BCUT2D eigenvalue weighted by molar-refractivity contribution is 6.30. The summed E-state index contributed by atoms with van der Waals surface area (Å²) in [7, 11) is 0. The summed E-state index contributed by atoms with van der Waals surface area (Å²) < 4.78 is 88.1. The molecule has 384 valence electrons. The fraction of sp³-hybridized carbons (Fsp3) is 0.296. The van der Waals surface area contributed by atoms with E-state index in [-0.39, 0.29) is 29.6 Å². The number of hydrogen-bond acceptors (Lipinski definition) is 7. The molecule has 0 fully saturated rings. The van der Waals surface area contributed by atoms with Crippen molar-refractivity contribution in [1.29, 1.82) is 0 Å². The largest absolute Gasteiger partial charge is 0.462 e. The zero-order valence-corrected chi connectivity index (χ0v) is 41.9. The molecule has 6 aromatic rings. The topological polar surface area (TPSA) is 150 Å². The maximum Gasteiger partial charge on any atom is 0.417 e. The maximum atomic E-state index is 13.2. The minimum atomic E-state index is -4.53. The Kier molecular flexibility index (Phi) is 18.7. The number of nitrogens with zero attached hydrogens (tertiary/aromatic N) is 3. The summed E-state index contributed by atoms with van der Waals surface area (Å²) in [6.07, 6.45) is -6.64. The number of carbonyl (C=O) groups is 3. The number of ether oxygens (including phenoxy) is 2. The minimum absolute atomic E-state index is 0.0988. The van der Waals surface area contributed by atoms with Gasteiger partial charge in [0.2, 0.25) is 17.7 Å². The lowest BCUT2D eigenvalue weighted by Crippen LogP contribution is -2.51. The summed E-state index contributed by atoms with van der Waals surface area (Å²) >= 11 is 12.0. The molecule has 0 saturated carbocycles. The number of nitrogens with two attached hydrogens (primary N) is 1. The van der Waals surface area contributed by atoms with Crippen LogP contribution >= 0.6 is 23.2 Å². The molecular formula is C54H52Cl2F6N6O5. The molecule has 19 heteroatoms. The zero-order chi connectivity index (χ0) is 53.9. The van der Waals surface area contributed by atoms with Crippen LogP contribution in [-0.2, 0) is 34.8 Å². The van der Waals surface area contributed by atoms with Crippen molar-refractivity contribution >= 4 is 46.6 Å². The van der Waals surface area contributed by atoms with Crippen LogP contribution in [0.5, 0.6) is 11.8 Å². The highest BCUT2D eigenvalue weighted by Gasteiger charge is 2.37. The van der Waals surface area contributed by atoms with E-state index in [1.54, 1.807) is 60.7 Å².